The highest BCUT2D eigenvalue weighted by molar-refractivity contribution is 5.79. The fourth-order valence-electron chi connectivity index (χ4n) is 0.892. The number of hydrogen-bond acceptors (Lipinski definition) is 3. The van der Waals surface area contributed by atoms with Gasteiger partial charge in [-0.15, -0.1) is 0 Å². The van der Waals surface area contributed by atoms with Crippen LogP contribution in [0.2, 0.25) is 0 Å². The van der Waals surface area contributed by atoms with Crippen LogP contribution in [0.4, 0.5) is 0 Å². The second kappa shape index (κ2) is 7.23. The molecule has 0 spiro atoms. The third kappa shape index (κ3) is 7.93. The van der Waals surface area contributed by atoms with Crippen molar-refractivity contribution in [3.8, 4) is 0 Å². The second-order valence-corrected chi connectivity index (χ2v) is 3.92. The lowest BCUT2D eigenvalue weighted by Gasteiger charge is -2.11. The molecule has 15 heavy (non-hydrogen) atoms. The lowest BCUT2D eigenvalue weighted by Crippen LogP contribution is -2.38. The van der Waals surface area contributed by atoms with Crippen LogP contribution < -0.4 is 10.6 Å². The van der Waals surface area contributed by atoms with Crippen LogP contribution in [-0.2, 0) is 9.59 Å². The number of rotatable bonds is 6. The zero-order valence-corrected chi connectivity index (χ0v) is 9.96. The number of amides is 2. The third-order valence-electron chi connectivity index (χ3n) is 1.83. The predicted octanol–water partition coefficient (Wildman–Crippen LogP) is -0.421. The quantitative estimate of drug-likeness (QED) is 0.632. The van der Waals surface area contributed by atoms with E-state index < -0.39 is 0 Å². The number of carbonyl (C=O) groups excluding carboxylic acids is 2. The maximum absolute atomic E-state index is 11.2. The highest BCUT2D eigenvalue weighted by Crippen LogP contribution is 1.84. The molecule has 2 amide bonds. The zero-order chi connectivity index (χ0) is 11.8. The van der Waals surface area contributed by atoms with E-state index in [0.717, 1.165) is 0 Å². The molecule has 0 rings (SSSR count). The maximum Gasteiger partial charge on any atom is 0.233 e. The summed E-state index contributed by atoms with van der Waals surface area (Å²) in [7, 11) is 3.40. The van der Waals surface area contributed by atoms with Gasteiger partial charge in [0.2, 0.25) is 11.8 Å². The monoisotopic (exact) mass is 215 g/mol. The Labute approximate surface area is 91.2 Å². The first-order valence-corrected chi connectivity index (χ1v) is 5.13. The van der Waals surface area contributed by atoms with Crippen LogP contribution in [0.25, 0.3) is 0 Å². The molecule has 0 saturated carbocycles. The van der Waals surface area contributed by atoms with Gasteiger partial charge in [-0.3, -0.25) is 9.59 Å². The Hall–Kier alpha value is -1.10. The molecule has 0 radical (unpaired) electrons. The largest absolute Gasteiger partial charge is 0.354 e. The highest BCUT2D eigenvalue weighted by Gasteiger charge is 2.05. The Balaban J connectivity index is 3.51. The molecule has 0 atom stereocenters. The number of nitrogens with zero attached hydrogens (tertiary/aromatic N) is 1. The summed E-state index contributed by atoms with van der Waals surface area (Å²) in [5.41, 5.74) is 0. The van der Waals surface area contributed by atoms with E-state index in [4.69, 9.17) is 0 Å². The first-order valence-electron chi connectivity index (χ1n) is 5.13. The average Bonchev–Trinajstić information content (AvgIpc) is 2.14. The average molecular weight is 215 g/mol. The minimum absolute atomic E-state index is 0.0205. The van der Waals surface area contributed by atoms with E-state index in [9.17, 15) is 9.59 Å². The summed E-state index contributed by atoms with van der Waals surface area (Å²) in [6, 6.07) is 0.291. The van der Waals surface area contributed by atoms with Gasteiger partial charge in [-0.1, -0.05) is 13.8 Å². The lowest BCUT2D eigenvalue weighted by molar-refractivity contribution is -0.128. The predicted molar refractivity (Wildman–Crippen MR) is 59.5 cm³/mol. The van der Waals surface area contributed by atoms with Crippen molar-refractivity contribution in [3.63, 3.8) is 0 Å². The molecular formula is C10H21N3O2. The van der Waals surface area contributed by atoms with E-state index in [0.29, 0.717) is 25.6 Å². The fourth-order valence-corrected chi connectivity index (χ4v) is 0.892. The first-order chi connectivity index (χ1) is 6.93. The minimum atomic E-state index is -0.0738. The van der Waals surface area contributed by atoms with Gasteiger partial charge in [-0.05, 0) is 0 Å². The van der Waals surface area contributed by atoms with Gasteiger partial charge in [0.15, 0.2) is 0 Å². The van der Waals surface area contributed by atoms with E-state index in [2.05, 4.69) is 10.6 Å². The summed E-state index contributed by atoms with van der Waals surface area (Å²) in [6.45, 7) is 4.65. The summed E-state index contributed by atoms with van der Waals surface area (Å²) in [5.74, 6) is -0.0534. The summed E-state index contributed by atoms with van der Waals surface area (Å²) < 4.78 is 0. The fraction of sp³-hybridized carbons (Fsp3) is 0.800. The van der Waals surface area contributed by atoms with Gasteiger partial charge >= 0.3 is 0 Å². The number of carbonyl (C=O) groups is 2. The summed E-state index contributed by atoms with van der Waals surface area (Å²) in [4.78, 5) is 23.9. The van der Waals surface area contributed by atoms with Crippen molar-refractivity contribution in [2.75, 3.05) is 27.2 Å². The Bertz CT molecular complexity index is 215. The van der Waals surface area contributed by atoms with Gasteiger partial charge in [0.05, 0.1) is 6.54 Å². The van der Waals surface area contributed by atoms with Crippen LogP contribution in [0.1, 0.15) is 20.3 Å². The van der Waals surface area contributed by atoms with Crippen molar-refractivity contribution < 1.29 is 9.59 Å². The van der Waals surface area contributed by atoms with E-state index in [1.165, 1.54) is 4.90 Å². The summed E-state index contributed by atoms with van der Waals surface area (Å²) in [5, 5.41) is 5.67. The molecule has 0 aliphatic carbocycles. The molecule has 0 aromatic heterocycles. The zero-order valence-electron chi connectivity index (χ0n) is 9.96. The van der Waals surface area contributed by atoms with Gasteiger partial charge in [0.25, 0.3) is 0 Å². The van der Waals surface area contributed by atoms with Gasteiger partial charge in [0, 0.05) is 33.1 Å². The molecule has 0 fully saturated rings. The van der Waals surface area contributed by atoms with Gasteiger partial charge in [-0.25, -0.2) is 0 Å². The topological polar surface area (TPSA) is 61.4 Å². The molecule has 0 heterocycles. The maximum atomic E-state index is 11.2. The third-order valence-corrected chi connectivity index (χ3v) is 1.83. The molecule has 5 nitrogen and oxygen atoms in total. The molecule has 0 saturated heterocycles. The van der Waals surface area contributed by atoms with Crippen molar-refractivity contribution in [1.29, 1.82) is 0 Å². The normalized spacial score (nSPS) is 10.2. The van der Waals surface area contributed by atoms with Crippen LogP contribution in [0.3, 0.4) is 0 Å². The van der Waals surface area contributed by atoms with Gasteiger partial charge in [0.1, 0.15) is 0 Å². The smallest absolute Gasteiger partial charge is 0.233 e. The number of hydrogen-bond donors (Lipinski definition) is 2. The van der Waals surface area contributed by atoms with Gasteiger partial charge < -0.3 is 15.5 Å². The Kier molecular flexibility index (Phi) is 6.70. The highest BCUT2D eigenvalue weighted by atomic mass is 16.2. The van der Waals surface area contributed by atoms with Gasteiger partial charge in [-0.2, -0.15) is 0 Å². The van der Waals surface area contributed by atoms with E-state index in [1.807, 2.05) is 13.8 Å². The van der Waals surface area contributed by atoms with E-state index in [1.54, 1.807) is 14.1 Å². The standard InChI is InChI=1S/C10H21N3O2/c1-8(2)12-7-9(14)11-6-5-10(15)13(3)4/h8,12H,5-7H2,1-4H3,(H,11,14). The molecular weight excluding hydrogens is 194 g/mol. The Morgan fingerprint density at radius 2 is 1.87 bits per heavy atom. The van der Waals surface area contributed by atoms with Crippen LogP contribution in [0.5, 0.6) is 0 Å². The summed E-state index contributed by atoms with van der Waals surface area (Å²) in [6.07, 6.45) is 0.348. The van der Waals surface area contributed by atoms with Crippen molar-refractivity contribution in [1.82, 2.24) is 15.5 Å². The molecule has 0 aliphatic heterocycles. The lowest BCUT2D eigenvalue weighted by atomic mass is 10.3. The van der Waals surface area contributed by atoms with Crippen molar-refractivity contribution in [2.24, 2.45) is 0 Å². The molecule has 0 bridgehead atoms. The first kappa shape index (κ1) is 13.9. The molecule has 0 aromatic rings. The molecule has 0 unspecified atom stereocenters. The van der Waals surface area contributed by atoms with Crippen LogP contribution in [0, 0.1) is 0 Å². The van der Waals surface area contributed by atoms with Crippen LogP contribution in [-0.4, -0.2) is 49.9 Å². The van der Waals surface area contributed by atoms with Crippen LogP contribution >= 0.6 is 0 Å². The Morgan fingerprint density at radius 1 is 1.27 bits per heavy atom. The Morgan fingerprint density at radius 3 is 2.33 bits per heavy atom. The molecule has 0 aromatic carbocycles. The molecule has 5 heteroatoms. The molecule has 0 aliphatic rings. The van der Waals surface area contributed by atoms with Crippen LogP contribution in [0.15, 0.2) is 0 Å². The number of nitrogens with one attached hydrogen (secondary N) is 2. The summed E-state index contributed by atoms with van der Waals surface area (Å²) >= 11 is 0. The second-order valence-electron chi connectivity index (χ2n) is 3.92. The molecule has 2 N–H and O–H groups in total. The van der Waals surface area contributed by atoms with Crippen molar-refractivity contribution in [2.45, 2.75) is 26.3 Å². The minimum Gasteiger partial charge on any atom is -0.354 e. The van der Waals surface area contributed by atoms with Crippen molar-refractivity contribution in [3.05, 3.63) is 0 Å². The van der Waals surface area contributed by atoms with E-state index >= 15 is 0 Å². The molecule has 88 valence electrons. The van der Waals surface area contributed by atoms with Crippen molar-refractivity contribution >= 4 is 11.8 Å². The SMILES string of the molecule is CC(C)NCC(=O)NCCC(=O)N(C)C. The van der Waals surface area contributed by atoms with E-state index in [-0.39, 0.29) is 11.8 Å².